The fourth-order valence-electron chi connectivity index (χ4n) is 4.08. The van der Waals surface area contributed by atoms with Gasteiger partial charge in [0.05, 0.1) is 11.7 Å². The van der Waals surface area contributed by atoms with Gasteiger partial charge in [0.1, 0.15) is 28.1 Å². The molecule has 0 radical (unpaired) electrons. The Morgan fingerprint density at radius 2 is 1.85 bits per heavy atom. The van der Waals surface area contributed by atoms with Crippen LogP contribution in [0.5, 0.6) is 0 Å². The molecule has 0 amide bonds. The van der Waals surface area contributed by atoms with Crippen LogP contribution < -0.4 is 4.90 Å². The van der Waals surface area contributed by atoms with E-state index >= 15 is 0 Å². The second-order valence-corrected chi connectivity index (χ2v) is 9.59. The topological polar surface area (TPSA) is 92.2 Å². The van der Waals surface area contributed by atoms with E-state index in [1.165, 1.54) is 0 Å². The van der Waals surface area contributed by atoms with Crippen molar-refractivity contribution in [3.05, 3.63) is 36.3 Å². The van der Waals surface area contributed by atoms with E-state index in [9.17, 15) is 8.42 Å². The fraction of sp³-hybridized carbons (Fsp3) is 0.412. The molecular weight excluding hydrogens is 384 g/mol. The van der Waals surface area contributed by atoms with E-state index < -0.39 is 10.0 Å². The molecule has 0 spiro atoms. The summed E-state index contributed by atoms with van der Waals surface area (Å²) in [7, 11) is -3.57. The van der Waals surface area contributed by atoms with Gasteiger partial charge in [0.25, 0.3) is 0 Å². The van der Waals surface area contributed by atoms with Crippen LogP contribution >= 0.6 is 11.7 Å². The number of hydrogen-bond acceptors (Lipinski definition) is 8. The third kappa shape index (κ3) is 2.79. The van der Waals surface area contributed by atoms with E-state index in [0.29, 0.717) is 36.0 Å². The van der Waals surface area contributed by atoms with Crippen molar-refractivity contribution in [3.8, 4) is 0 Å². The maximum atomic E-state index is 13.2. The van der Waals surface area contributed by atoms with Crippen LogP contribution in [0.2, 0.25) is 0 Å². The van der Waals surface area contributed by atoms with Crippen molar-refractivity contribution >= 4 is 38.6 Å². The van der Waals surface area contributed by atoms with E-state index in [0.717, 1.165) is 36.3 Å². The maximum Gasteiger partial charge on any atom is 0.245 e. The molecule has 140 valence electrons. The van der Waals surface area contributed by atoms with Crippen LogP contribution in [0.3, 0.4) is 0 Å². The fourth-order valence-corrected chi connectivity index (χ4v) is 6.38. The lowest BCUT2D eigenvalue weighted by Gasteiger charge is -2.22. The Kier molecular flexibility index (Phi) is 3.88. The quantitative estimate of drug-likeness (QED) is 0.656. The van der Waals surface area contributed by atoms with Gasteiger partial charge in [0.15, 0.2) is 0 Å². The van der Waals surface area contributed by atoms with E-state index in [1.54, 1.807) is 28.8 Å². The normalized spacial score (nSPS) is 23.2. The van der Waals surface area contributed by atoms with Gasteiger partial charge in [-0.2, -0.15) is 13.1 Å². The van der Waals surface area contributed by atoms with Gasteiger partial charge in [-0.3, -0.25) is 0 Å². The molecule has 2 atom stereocenters. The minimum atomic E-state index is -3.57. The molecular formula is C17H18N6O2S2. The Morgan fingerprint density at radius 3 is 2.59 bits per heavy atom. The first-order valence-electron chi connectivity index (χ1n) is 8.77. The summed E-state index contributed by atoms with van der Waals surface area (Å²) >= 11 is 1.04. The predicted molar refractivity (Wildman–Crippen MR) is 102 cm³/mol. The molecule has 5 rings (SSSR count). The van der Waals surface area contributed by atoms with Gasteiger partial charge in [0, 0.05) is 37.9 Å². The predicted octanol–water partition coefficient (Wildman–Crippen LogP) is 1.55. The van der Waals surface area contributed by atoms with E-state index in [1.807, 2.05) is 13.0 Å². The molecule has 0 aliphatic carbocycles. The zero-order valence-corrected chi connectivity index (χ0v) is 16.3. The molecule has 8 nitrogen and oxygen atoms in total. The van der Waals surface area contributed by atoms with Crippen molar-refractivity contribution in [3.63, 3.8) is 0 Å². The van der Waals surface area contributed by atoms with Gasteiger partial charge < -0.3 is 4.90 Å². The molecule has 0 N–H and O–H groups in total. The summed E-state index contributed by atoms with van der Waals surface area (Å²) in [5.74, 6) is 1.54. The second kappa shape index (κ2) is 6.18. The van der Waals surface area contributed by atoms with Crippen LogP contribution in [-0.2, 0) is 10.0 Å². The number of anilines is 1. The minimum Gasteiger partial charge on any atom is -0.356 e. The number of fused-ring (bicyclic) bond motifs is 2. The highest BCUT2D eigenvalue weighted by molar-refractivity contribution is 7.89. The van der Waals surface area contributed by atoms with Crippen LogP contribution in [0.15, 0.2) is 35.5 Å². The molecule has 1 aromatic carbocycles. The summed E-state index contributed by atoms with van der Waals surface area (Å²) < 4.78 is 36.4. The number of rotatable bonds is 3. The molecule has 2 aliphatic heterocycles. The minimum absolute atomic E-state index is 0.261. The summed E-state index contributed by atoms with van der Waals surface area (Å²) in [6.45, 7) is 4.64. The van der Waals surface area contributed by atoms with Crippen LogP contribution in [0.25, 0.3) is 11.0 Å². The number of sulfonamides is 1. The lowest BCUT2D eigenvalue weighted by Crippen LogP contribution is -2.33. The Morgan fingerprint density at radius 1 is 1.07 bits per heavy atom. The van der Waals surface area contributed by atoms with Gasteiger partial charge >= 0.3 is 0 Å². The van der Waals surface area contributed by atoms with Crippen molar-refractivity contribution in [2.45, 2.75) is 11.8 Å². The molecule has 3 aromatic rings. The summed E-state index contributed by atoms with van der Waals surface area (Å²) in [5.41, 5.74) is 2.04. The third-order valence-corrected chi connectivity index (χ3v) is 7.84. The summed E-state index contributed by atoms with van der Waals surface area (Å²) in [6.07, 6.45) is 1.58. The monoisotopic (exact) mass is 402 g/mol. The van der Waals surface area contributed by atoms with Crippen molar-refractivity contribution in [2.24, 2.45) is 11.8 Å². The molecule has 2 fully saturated rings. The highest BCUT2D eigenvalue weighted by atomic mass is 32.2. The molecule has 4 heterocycles. The van der Waals surface area contributed by atoms with E-state index in [-0.39, 0.29) is 4.90 Å². The average Bonchev–Trinajstić information content (AvgIpc) is 3.35. The lowest BCUT2D eigenvalue weighted by atomic mass is 10.0. The highest BCUT2D eigenvalue weighted by Crippen LogP contribution is 2.36. The van der Waals surface area contributed by atoms with E-state index in [2.05, 4.69) is 23.6 Å². The largest absolute Gasteiger partial charge is 0.356 e. The Balaban J connectivity index is 1.37. The Hall–Kier alpha value is -2.17. The van der Waals surface area contributed by atoms with Crippen molar-refractivity contribution in [2.75, 3.05) is 31.1 Å². The first-order valence-corrected chi connectivity index (χ1v) is 10.9. The summed E-state index contributed by atoms with van der Waals surface area (Å²) in [6, 6.07) is 7.12. The first-order chi connectivity index (χ1) is 13.0. The maximum absolute atomic E-state index is 13.2. The van der Waals surface area contributed by atoms with Crippen molar-refractivity contribution in [1.29, 1.82) is 0 Å². The number of aromatic nitrogens is 4. The number of hydrogen-bond donors (Lipinski definition) is 0. The van der Waals surface area contributed by atoms with Crippen molar-refractivity contribution in [1.82, 2.24) is 23.0 Å². The van der Waals surface area contributed by atoms with E-state index in [4.69, 9.17) is 0 Å². The molecule has 0 saturated carbocycles. The Labute approximate surface area is 161 Å². The molecule has 2 aliphatic rings. The lowest BCUT2D eigenvalue weighted by molar-refractivity contribution is 0.453. The SMILES string of the molecule is Cc1cc(N2CC3CN(S(=O)(=O)c4cccc5nsnc45)CC3C2)ncn1. The third-order valence-electron chi connectivity index (χ3n) is 5.43. The van der Waals surface area contributed by atoms with Crippen LogP contribution in [-0.4, -0.2) is 57.6 Å². The zero-order chi connectivity index (χ0) is 18.6. The molecule has 27 heavy (non-hydrogen) atoms. The smallest absolute Gasteiger partial charge is 0.245 e. The zero-order valence-electron chi connectivity index (χ0n) is 14.7. The van der Waals surface area contributed by atoms with Gasteiger partial charge in [0.2, 0.25) is 10.0 Å². The number of benzene rings is 1. The standard InChI is InChI=1S/C17H18N6O2S2/c1-11-5-16(19-10-18-11)22-6-12-8-23(9-13(12)7-22)27(24,25)15-4-2-3-14-17(15)21-26-20-14/h2-5,10,12-13H,6-9H2,1H3. The number of nitrogens with zero attached hydrogens (tertiary/aromatic N) is 6. The summed E-state index contributed by atoms with van der Waals surface area (Å²) in [5, 5.41) is 0. The molecule has 2 saturated heterocycles. The number of aryl methyl sites for hydroxylation is 1. The Bertz CT molecular complexity index is 1100. The first kappa shape index (κ1) is 17.0. The average molecular weight is 403 g/mol. The van der Waals surface area contributed by atoms with Crippen LogP contribution in [0.4, 0.5) is 5.82 Å². The molecule has 2 aromatic heterocycles. The van der Waals surface area contributed by atoms with Gasteiger partial charge in [-0.05, 0) is 30.9 Å². The molecule has 0 bridgehead atoms. The second-order valence-electron chi connectivity index (χ2n) is 7.15. The van der Waals surface area contributed by atoms with Gasteiger partial charge in [-0.15, -0.1) is 0 Å². The van der Waals surface area contributed by atoms with Gasteiger partial charge in [-0.1, -0.05) is 6.07 Å². The van der Waals surface area contributed by atoms with Crippen LogP contribution in [0, 0.1) is 18.8 Å². The summed E-state index contributed by atoms with van der Waals surface area (Å²) in [4.78, 5) is 11.0. The molecule has 2 unspecified atom stereocenters. The van der Waals surface area contributed by atoms with Crippen molar-refractivity contribution < 1.29 is 8.42 Å². The van der Waals surface area contributed by atoms with Gasteiger partial charge in [-0.25, -0.2) is 18.4 Å². The molecule has 10 heteroatoms. The highest BCUT2D eigenvalue weighted by Gasteiger charge is 2.45. The van der Waals surface area contributed by atoms with Crippen LogP contribution in [0.1, 0.15) is 5.69 Å².